The van der Waals surface area contributed by atoms with Crippen LogP contribution in [0.4, 0.5) is 13.2 Å². The Balaban J connectivity index is 0.000000608. The first-order valence-electron chi connectivity index (χ1n) is 10.8. The third kappa shape index (κ3) is 11.7. The molecule has 3 aromatic rings. The summed E-state index contributed by atoms with van der Waals surface area (Å²) in [6.45, 7) is 8.35. The SMILES string of the molecule is C=N/C(COC)=C(\SC)c1ccc2[nH]c(=O)oc2c1.CCN.CNC.Cc1ccc(C(F)(F)F)cc1. The van der Waals surface area contributed by atoms with Crippen LogP contribution in [0.1, 0.15) is 23.6 Å². The van der Waals surface area contributed by atoms with Gasteiger partial charge in [-0.2, -0.15) is 13.2 Å². The molecular formula is C25H35F3N4O3S. The van der Waals surface area contributed by atoms with E-state index in [4.69, 9.17) is 14.9 Å². The molecule has 0 bridgehead atoms. The average Bonchev–Trinajstić information content (AvgIpc) is 3.19. The number of alkyl halides is 3. The molecule has 0 radical (unpaired) electrons. The smallest absolute Gasteiger partial charge is 0.408 e. The number of hydrogen-bond donors (Lipinski definition) is 3. The Morgan fingerprint density at radius 3 is 2.22 bits per heavy atom. The number of halogens is 3. The van der Waals surface area contributed by atoms with Gasteiger partial charge in [-0.3, -0.25) is 9.98 Å². The highest BCUT2D eigenvalue weighted by Crippen LogP contribution is 2.31. The van der Waals surface area contributed by atoms with E-state index in [9.17, 15) is 18.0 Å². The van der Waals surface area contributed by atoms with Gasteiger partial charge in [0.1, 0.15) is 0 Å². The molecule has 0 saturated heterocycles. The molecule has 0 spiro atoms. The molecule has 0 amide bonds. The van der Waals surface area contributed by atoms with Gasteiger partial charge in [-0.15, -0.1) is 11.8 Å². The second kappa shape index (κ2) is 17.6. The molecule has 1 heterocycles. The first-order valence-corrected chi connectivity index (χ1v) is 12.0. The fourth-order valence-corrected chi connectivity index (χ4v) is 3.27. The van der Waals surface area contributed by atoms with Crippen molar-refractivity contribution in [2.45, 2.75) is 20.0 Å². The van der Waals surface area contributed by atoms with Gasteiger partial charge in [0.2, 0.25) is 0 Å². The molecule has 0 unspecified atom stereocenters. The Labute approximate surface area is 214 Å². The summed E-state index contributed by atoms with van der Waals surface area (Å²) in [5.74, 6) is -0.458. The number of benzene rings is 2. The Bertz CT molecular complexity index is 1120. The predicted molar refractivity (Wildman–Crippen MR) is 145 cm³/mol. The molecule has 36 heavy (non-hydrogen) atoms. The highest BCUT2D eigenvalue weighted by molar-refractivity contribution is 8.07. The van der Waals surface area contributed by atoms with Crippen molar-refractivity contribution in [3.8, 4) is 0 Å². The zero-order valence-electron chi connectivity index (χ0n) is 21.5. The van der Waals surface area contributed by atoms with Crippen LogP contribution in [0.5, 0.6) is 0 Å². The first kappa shape index (κ1) is 33.1. The van der Waals surface area contributed by atoms with Gasteiger partial charge in [0.15, 0.2) is 5.58 Å². The molecule has 11 heteroatoms. The highest BCUT2D eigenvalue weighted by Gasteiger charge is 2.29. The number of methoxy groups -OCH3 is 1. The monoisotopic (exact) mass is 528 g/mol. The second-order valence-corrected chi connectivity index (χ2v) is 7.89. The number of aromatic nitrogens is 1. The maximum Gasteiger partial charge on any atom is 0.417 e. The summed E-state index contributed by atoms with van der Waals surface area (Å²) in [5, 5.41) is 2.75. The number of aryl methyl sites for hydroxylation is 1. The van der Waals surface area contributed by atoms with Crippen molar-refractivity contribution in [2.24, 2.45) is 10.7 Å². The van der Waals surface area contributed by atoms with E-state index in [0.717, 1.165) is 40.4 Å². The molecule has 7 nitrogen and oxygen atoms in total. The normalized spacial score (nSPS) is 11.2. The summed E-state index contributed by atoms with van der Waals surface area (Å²) in [6, 6.07) is 10.6. The van der Waals surface area contributed by atoms with Crippen molar-refractivity contribution in [1.29, 1.82) is 0 Å². The van der Waals surface area contributed by atoms with E-state index in [1.165, 1.54) is 12.1 Å². The summed E-state index contributed by atoms with van der Waals surface area (Å²) in [7, 11) is 5.36. The number of fused-ring (bicyclic) bond motifs is 1. The molecule has 4 N–H and O–H groups in total. The number of nitrogens with one attached hydrogen (secondary N) is 2. The van der Waals surface area contributed by atoms with Crippen LogP contribution in [0.25, 0.3) is 16.0 Å². The lowest BCUT2D eigenvalue weighted by Crippen LogP contribution is -2.03. The third-order valence-corrected chi connectivity index (χ3v) is 4.88. The molecule has 0 atom stereocenters. The van der Waals surface area contributed by atoms with Crippen LogP contribution in [0.15, 0.2) is 62.4 Å². The number of ether oxygens (including phenoxy) is 1. The molecule has 0 saturated carbocycles. The fraction of sp³-hybridized carbons (Fsp3) is 0.360. The second-order valence-electron chi connectivity index (χ2n) is 7.07. The van der Waals surface area contributed by atoms with E-state index >= 15 is 0 Å². The van der Waals surface area contributed by atoms with E-state index in [0.29, 0.717) is 17.7 Å². The minimum Gasteiger partial charge on any atom is -0.408 e. The molecular weight excluding hydrogens is 493 g/mol. The van der Waals surface area contributed by atoms with E-state index in [2.05, 4.69) is 22.0 Å². The number of hydrogen-bond acceptors (Lipinski definition) is 7. The van der Waals surface area contributed by atoms with Gasteiger partial charge < -0.3 is 20.2 Å². The van der Waals surface area contributed by atoms with Crippen molar-refractivity contribution in [3.05, 3.63) is 75.4 Å². The van der Waals surface area contributed by atoms with Crippen molar-refractivity contribution >= 4 is 34.5 Å². The number of nitrogens with two attached hydrogens (primary N) is 1. The van der Waals surface area contributed by atoms with Crippen molar-refractivity contribution in [2.75, 3.05) is 40.6 Å². The number of oxazole rings is 1. The molecule has 0 aliphatic carbocycles. The summed E-state index contributed by atoms with van der Waals surface area (Å²) in [4.78, 5) is 18.7. The van der Waals surface area contributed by atoms with Crippen LogP contribution in [-0.4, -0.2) is 52.3 Å². The molecule has 200 valence electrons. The largest absolute Gasteiger partial charge is 0.417 e. The van der Waals surface area contributed by atoms with Gasteiger partial charge in [-0.05, 0) is 70.4 Å². The summed E-state index contributed by atoms with van der Waals surface area (Å²) in [5.41, 5.74) is 7.96. The van der Waals surface area contributed by atoms with Gasteiger partial charge in [0, 0.05) is 12.0 Å². The lowest BCUT2D eigenvalue weighted by molar-refractivity contribution is -0.137. The Morgan fingerprint density at radius 1 is 1.22 bits per heavy atom. The van der Waals surface area contributed by atoms with Crippen LogP contribution >= 0.6 is 11.8 Å². The maximum absolute atomic E-state index is 11.9. The number of aromatic amines is 1. The molecule has 1 aromatic heterocycles. The molecule has 0 fully saturated rings. The fourth-order valence-electron chi connectivity index (χ4n) is 2.55. The first-order chi connectivity index (χ1) is 17.0. The van der Waals surface area contributed by atoms with Crippen LogP contribution in [0, 0.1) is 6.92 Å². The van der Waals surface area contributed by atoms with Crippen LogP contribution in [-0.2, 0) is 10.9 Å². The molecule has 0 aliphatic heterocycles. The number of H-pyrrole nitrogens is 1. The van der Waals surface area contributed by atoms with Gasteiger partial charge >= 0.3 is 11.9 Å². The summed E-state index contributed by atoms with van der Waals surface area (Å²) >= 11 is 1.55. The van der Waals surface area contributed by atoms with Gasteiger partial charge in [-0.1, -0.05) is 30.7 Å². The number of rotatable bonds is 5. The van der Waals surface area contributed by atoms with E-state index < -0.39 is 17.5 Å². The van der Waals surface area contributed by atoms with E-state index in [1.54, 1.807) is 37.9 Å². The lowest BCUT2D eigenvalue weighted by atomic mass is 10.1. The highest BCUT2D eigenvalue weighted by atomic mass is 32.2. The van der Waals surface area contributed by atoms with Gasteiger partial charge in [-0.25, -0.2) is 4.79 Å². The number of thioether (sulfide) groups is 1. The van der Waals surface area contributed by atoms with Crippen LogP contribution in [0.2, 0.25) is 0 Å². The summed E-state index contributed by atoms with van der Waals surface area (Å²) in [6.07, 6.45) is -2.26. The topological polar surface area (TPSA) is 106 Å². The van der Waals surface area contributed by atoms with Crippen LogP contribution in [0.3, 0.4) is 0 Å². The Morgan fingerprint density at radius 2 is 1.78 bits per heavy atom. The molecule has 0 aliphatic rings. The molecule has 2 aromatic carbocycles. The zero-order chi connectivity index (χ0) is 27.7. The Hall–Kier alpha value is -2.86. The third-order valence-electron chi connectivity index (χ3n) is 4.00. The summed E-state index contributed by atoms with van der Waals surface area (Å²) < 4.78 is 45.9. The number of nitrogens with zero attached hydrogens (tertiary/aromatic N) is 1. The predicted octanol–water partition coefficient (Wildman–Crippen LogP) is 5.31. The minimum absolute atomic E-state index is 0.384. The Kier molecular flexibility index (Phi) is 16.2. The quantitative estimate of drug-likeness (QED) is 0.388. The average molecular weight is 529 g/mol. The minimum atomic E-state index is -4.21. The molecule has 3 rings (SSSR count). The van der Waals surface area contributed by atoms with Crippen molar-refractivity contribution in [3.63, 3.8) is 0 Å². The van der Waals surface area contributed by atoms with Crippen molar-refractivity contribution in [1.82, 2.24) is 10.3 Å². The standard InChI is InChI=1S/C13H14N2O3S.C8H7F3.2C2H7N/c1-14-10(7-17-2)12(19-3)8-4-5-9-11(6-8)18-13(16)15-9;1-6-2-4-7(5-3-6)8(9,10)11;1-3-2;1-2-3/h4-6H,1,7H2,2-3H3,(H,15,16);2-5H,1H3;3H,1-2H3;2-3H2,1H3/b12-10-;;;. The van der Waals surface area contributed by atoms with E-state index in [1.807, 2.05) is 33.3 Å². The van der Waals surface area contributed by atoms with Gasteiger partial charge in [0.25, 0.3) is 0 Å². The lowest BCUT2D eigenvalue weighted by Gasteiger charge is -2.09. The maximum atomic E-state index is 11.9. The van der Waals surface area contributed by atoms with E-state index in [-0.39, 0.29) is 0 Å². The van der Waals surface area contributed by atoms with Crippen LogP contribution < -0.4 is 16.8 Å². The number of aliphatic imine (C=N–C) groups is 1. The zero-order valence-corrected chi connectivity index (χ0v) is 22.3. The van der Waals surface area contributed by atoms with Crippen molar-refractivity contribution < 1.29 is 22.3 Å². The van der Waals surface area contributed by atoms with Gasteiger partial charge in [0.05, 0.1) is 23.4 Å².